The van der Waals surface area contributed by atoms with Crippen molar-refractivity contribution < 1.29 is 26.4 Å². The first-order chi connectivity index (χ1) is 17.0. The molecule has 0 unspecified atom stereocenters. The SMILES string of the molecule is CCS(=O)(=O)N(C)C1=NC=CCN1CNc1nc(Nc2ccc3c(c2)CC(=O)N3)ncc1C(F)(F)F. The molecule has 1 aromatic heterocycles. The predicted molar refractivity (Wildman–Crippen MR) is 128 cm³/mol. The van der Waals surface area contributed by atoms with Crippen LogP contribution in [0.4, 0.5) is 36.3 Å². The van der Waals surface area contributed by atoms with Crippen molar-refractivity contribution in [3.05, 3.63) is 47.8 Å². The van der Waals surface area contributed by atoms with Gasteiger partial charge in [0, 0.05) is 37.4 Å². The molecule has 0 atom stereocenters. The van der Waals surface area contributed by atoms with Crippen LogP contribution in [0.3, 0.4) is 0 Å². The molecule has 1 amide bonds. The first-order valence-corrected chi connectivity index (χ1v) is 12.4. The number of aromatic nitrogens is 2. The van der Waals surface area contributed by atoms with Gasteiger partial charge in [-0.3, -0.25) is 4.79 Å². The number of aliphatic imine (C=N–C) groups is 1. The molecule has 4 rings (SSSR count). The fourth-order valence-corrected chi connectivity index (χ4v) is 4.38. The van der Waals surface area contributed by atoms with Crippen LogP contribution in [0.15, 0.2) is 41.7 Å². The zero-order chi connectivity index (χ0) is 26.1. The van der Waals surface area contributed by atoms with E-state index in [-0.39, 0.29) is 43.2 Å². The number of hydrogen-bond donors (Lipinski definition) is 3. The largest absolute Gasteiger partial charge is 0.421 e. The molecule has 15 heteroatoms. The summed E-state index contributed by atoms with van der Waals surface area (Å²) in [6.07, 6.45) is -0.804. The summed E-state index contributed by atoms with van der Waals surface area (Å²) >= 11 is 0. The fraction of sp³-hybridized carbons (Fsp3) is 0.333. The van der Waals surface area contributed by atoms with E-state index in [1.807, 2.05) is 0 Å². The van der Waals surface area contributed by atoms with E-state index in [1.165, 1.54) is 25.1 Å². The Morgan fingerprint density at radius 1 is 1.28 bits per heavy atom. The molecular weight excluding hydrogens is 501 g/mol. The summed E-state index contributed by atoms with van der Waals surface area (Å²) in [5, 5.41) is 8.20. The van der Waals surface area contributed by atoms with Crippen molar-refractivity contribution in [1.82, 2.24) is 19.2 Å². The fourth-order valence-electron chi connectivity index (χ4n) is 3.58. The molecule has 0 bridgehead atoms. The topological polar surface area (TPSA) is 132 Å². The zero-order valence-electron chi connectivity index (χ0n) is 19.3. The Morgan fingerprint density at radius 2 is 2.06 bits per heavy atom. The summed E-state index contributed by atoms with van der Waals surface area (Å²) in [6.45, 7) is 1.49. The van der Waals surface area contributed by atoms with Gasteiger partial charge in [0.05, 0.1) is 18.8 Å². The maximum atomic E-state index is 13.7. The van der Waals surface area contributed by atoms with Crippen LogP contribution in [-0.4, -0.2) is 65.5 Å². The maximum absolute atomic E-state index is 13.7. The van der Waals surface area contributed by atoms with Crippen molar-refractivity contribution in [3.8, 4) is 0 Å². The molecule has 3 heterocycles. The number of sulfonamides is 1. The van der Waals surface area contributed by atoms with E-state index < -0.39 is 27.6 Å². The lowest BCUT2D eigenvalue weighted by atomic mass is 10.1. The summed E-state index contributed by atoms with van der Waals surface area (Å²) in [5.41, 5.74) is 0.825. The number of carbonyl (C=O) groups excluding carboxylic acids is 1. The Labute approximate surface area is 205 Å². The minimum atomic E-state index is -4.73. The summed E-state index contributed by atoms with van der Waals surface area (Å²) in [4.78, 5) is 24.9. The van der Waals surface area contributed by atoms with Crippen molar-refractivity contribution in [1.29, 1.82) is 0 Å². The van der Waals surface area contributed by atoms with Crippen LogP contribution < -0.4 is 16.0 Å². The second-order valence-electron chi connectivity index (χ2n) is 7.91. The number of nitrogens with zero attached hydrogens (tertiary/aromatic N) is 5. The number of amides is 1. The molecule has 0 spiro atoms. The van der Waals surface area contributed by atoms with Gasteiger partial charge < -0.3 is 20.9 Å². The van der Waals surface area contributed by atoms with Gasteiger partial charge >= 0.3 is 6.18 Å². The monoisotopic (exact) mass is 524 g/mol. The molecule has 0 radical (unpaired) electrons. The molecule has 11 nitrogen and oxygen atoms in total. The van der Waals surface area contributed by atoms with Gasteiger partial charge in [0.25, 0.3) is 0 Å². The molecule has 2 aliphatic rings. The van der Waals surface area contributed by atoms with Crippen molar-refractivity contribution in [2.45, 2.75) is 19.5 Å². The van der Waals surface area contributed by atoms with E-state index in [0.717, 1.165) is 9.87 Å². The number of rotatable bonds is 7. The summed E-state index contributed by atoms with van der Waals surface area (Å²) < 4.78 is 66.5. The molecule has 0 fully saturated rings. The lowest BCUT2D eigenvalue weighted by Crippen LogP contribution is -2.48. The number of nitrogens with one attached hydrogen (secondary N) is 3. The molecule has 0 aliphatic carbocycles. The number of anilines is 4. The van der Waals surface area contributed by atoms with Crippen LogP contribution in [0.2, 0.25) is 0 Å². The molecule has 2 aliphatic heterocycles. The van der Waals surface area contributed by atoms with Crippen LogP contribution in [0.25, 0.3) is 0 Å². The van der Waals surface area contributed by atoms with Crippen molar-refractivity contribution >= 4 is 45.0 Å². The second-order valence-corrected chi connectivity index (χ2v) is 10.2. The van der Waals surface area contributed by atoms with Crippen molar-refractivity contribution in [3.63, 3.8) is 0 Å². The Kier molecular flexibility index (Phi) is 6.75. The molecule has 192 valence electrons. The van der Waals surface area contributed by atoms with Gasteiger partial charge in [-0.2, -0.15) is 18.2 Å². The minimum Gasteiger partial charge on any atom is -0.352 e. The number of guanidine groups is 1. The highest BCUT2D eigenvalue weighted by Crippen LogP contribution is 2.34. The summed E-state index contributed by atoms with van der Waals surface area (Å²) in [5.74, 6) is -0.838. The number of hydrogen-bond acceptors (Lipinski definition) is 9. The quantitative estimate of drug-likeness (QED) is 0.504. The highest BCUT2D eigenvalue weighted by atomic mass is 32.2. The van der Waals surface area contributed by atoms with E-state index >= 15 is 0 Å². The molecule has 0 saturated heterocycles. The van der Waals surface area contributed by atoms with Crippen LogP contribution in [0.5, 0.6) is 0 Å². The first kappa shape index (κ1) is 25.2. The average Bonchev–Trinajstić information content (AvgIpc) is 3.21. The van der Waals surface area contributed by atoms with Gasteiger partial charge in [0.2, 0.25) is 27.8 Å². The average molecular weight is 525 g/mol. The lowest BCUT2D eigenvalue weighted by molar-refractivity contribution is -0.137. The standard InChI is InChI=1S/C21H23F3N8O3S/c1-3-36(34,35)31(2)20-25-7-4-8-32(20)12-27-18-15(21(22,23)24)11-26-19(30-18)28-14-5-6-16-13(9-14)10-17(33)29-16/h4-7,9,11H,3,8,10,12H2,1-2H3,(H,29,33)(H2,26,27,28,30). The first-order valence-electron chi connectivity index (χ1n) is 10.8. The zero-order valence-corrected chi connectivity index (χ0v) is 20.1. The van der Waals surface area contributed by atoms with E-state index in [1.54, 1.807) is 24.3 Å². The number of benzene rings is 1. The van der Waals surface area contributed by atoms with E-state index in [9.17, 15) is 26.4 Å². The number of carbonyl (C=O) groups is 1. The third-order valence-electron chi connectivity index (χ3n) is 5.49. The van der Waals surface area contributed by atoms with Crippen molar-refractivity contribution in [2.75, 3.05) is 42.0 Å². The van der Waals surface area contributed by atoms with Gasteiger partial charge in [-0.1, -0.05) is 0 Å². The van der Waals surface area contributed by atoms with Gasteiger partial charge in [-0.25, -0.2) is 22.7 Å². The minimum absolute atomic E-state index is 0.0640. The van der Waals surface area contributed by atoms with E-state index in [2.05, 4.69) is 30.9 Å². The number of fused-ring (bicyclic) bond motifs is 1. The van der Waals surface area contributed by atoms with E-state index in [4.69, 9.17) is 0 Å². The summed E-state index contributed by atoms with van der Waals surface area (Å²) in [7, 11) is -2.31. The Balaban J connectivity index is 1.56. The highest BCUT2D eigenvalue weighted by Gasteiger charge is 2.36. The van der Waals surface area contributed by atoms with Crippen LogP contribution in [0.1, 0.15) is 18.1 Å². The molecule has 2 aromatic rings. The van der Waals surface area contributed by atoms with Gasteiger partial charge in [0.15, 0.2) is 0 Å². The third kappa shape index (κ3) is 5.35. The smallest absolute Gasteiger partial charge is 0.352 e. The Bertz CT molecular complexity index is 1340. The Hall–Kier alpha value is -3.88. The molecule has 0 saturated carbocycles. The Morgan fingerprint density at radius 3 is 2.78 bits per heavy atom. The maximum Gasteiger partial charge on any atom is 0.421 e. The molecule has 1 aromatic carbocycles. The normalized spacial score (nSPS) is 15.3. The number of halogens is 3. The highest BCUT2D eigenvalue weighted by molar-refractivity contribution is 7.89. The third-order valence-corrected chi connectivity index (χ3v) is 7.21. The molecule has 3 N–H and O–H groups in total. The predicted octanol–water partition coefficient (Wildman–Crippen LogP) is 2.57. The molecule has 36 heavy (non-hydrogen) atoms. The van der Waals surface area contributed by atoms with Crippen molar-refractivity contribution in [2.24, 2.45) is 4.99 Å². The van der Waals surface area contributed by atoms with E-state index in [0.29, 0.717) is 17.6 Å². The summed E-state index contributed by atoms with van der Waals surface area (Å²) in [6, 6.07) is 5.01. The lowest BCUT2D eigenvalue weighted by Gasteiger charge is -2.32. The number of alkyl halides is 3. The van der Waals surface area contributed by atoms with Gasteiger partial charge in [-0.15, -0.1) is 0 Å². The van der Waals surface area contributed by atoms with Crippen LogP contribution in [-0.2, 0) is 27.4 Å². The van der Waals surface area contributed by atoms with Crippen LogP contribution in [0, 0.1) is 0 Å². The van der Waals surface area contributed by atoms with Gasteiger partial charge in [-0.05, 0) is 36.8 Å². The van der Waals surface area contributed by atoms with Crippen LogP contribution >= 0.6 is 0 Å². The second kappa shape index (κ2) is 9.64. The van der Waals surface area contributed by atoms with Gasteiger partial charge in [0.1, 0.15) is 11.4 Å². The molecular formula is C21H23F3N8O3S.